The van der Waals surface area contributed by atoms with E-state index in [0.29, 0.717) is 24.9 Å². The fraction of sp³-hybridized carbons (Fsp3) is 0.333. The van der Waals surface area contributed by atoms with E-state index in [-0.39, 0.29) is 36.7 Å². The molecule has 5 rings (SSSR count). The topological polar surface area (TPSA) is 97.3 Å². The second kappa shape index (κ2) is 13.3. The van der Waals surface area contributed by atoms with Gasteiger partial charge in [-0.15, -0.1) is 5.10 Å². The summed E-state index contributed by atoms with van der Waals surface area (Å²) >= 11 is 0. The van der Waals surface area contributed by atoms with Crippen LogP contribution in [0.2, 0.25) is 0 Å². The highest BCUT2D eigenvalue weighted by Crippen LogP contribution is 2.37. The molecule has 1 heterocycles. The lowest BCUT2D eigenvalue weighted by atomic mass is 9.83. The lowest BCUT2D eigenvalue weighted by Gasteiger charge is -2.25. The Balaban J connectivity index is 1.25. The Morgan fingerprint density at radius 1 is 0.951 bits per heavy atom. The van der Waals surface area contributed by atoms with Crippen molar-refractivity contribution < 1.29 is 23.9 Å². The van der Waals surface area contributed by atoms with Gasteiger partial charge in [-0.05, 0) is 53.1 Å². The number of carbonyl (C=O) groups excluding carboxylic acids is 3. The summed E-state index contributed by atoms with van der Waals surface area (Å²) in [4.78, 5) is 37.5. The molecular formula is C33H35N3O5. The predicted molar refractivity (Wildman–Crippen MR) is 155 cm³/mol. The molecule has 0 radical (unpaired) electrons. The standard InChI is InChI=1S/C33H35N3O5/c1-40-30(38)19-23-11-13-24(14-12-23)20-34-32(39)31(26-7-5-6-8-26)27-17-15-25(16-18-27)21-36-29(37)22-41-33(35-36)28-9-3-2-4-10-28/h2-4,9-18,26,31H,5-8,19-22H2,1H3,(H,34,39). The SMILES string of the molecule is COC(=O)Cc1ccc(CNC(=O)C(c2ccc(CN3N=C(c4ccccc4)OCC3=O)cc2)C2CCCC2)cc1. The van der Waals surface area contributed by atoms with Crippen LogP contribution in [0.3, 0.4) is 0 Å². The second-order valence-electron chi connectivity index (χ2n) is 10.6. The van der Waals surface area contributed by atoms with Crippen LogP contribution in [0.1, 0.15) is 59.4 Å². The molecule has 8 heteroatoms. The minimum absolute atomic E-state index is 0.0174. The number of hydrogen-bond donors (Lipinski definition) is 1. The zero-order valence-electron chi connectivity index (χ0n) is 23.3. The lowest BCUT2D eigenvalue weighted by Crippen LogP contribution is -2.36. The zero-order valence-corrected chi connectivity index (χ0v) is 23.3. The van der Waals surface area contributed by atoms with Crippen LogP contribution in [-0.2, 0) is 43.4 Å². The van der Waals surface area contributed by atoms with Crippen LogP contribution in [-0.4, -0.2) is 42.4 Å². The van der Waals surface area contributed by atoms with Gasteiger partial charge in [0.2, 0.25) is 11.8 Å². The van der Waals surface area contributed by atoms with Gasteiger partial charge in [-0.3, -0.25) is 14.4 Å². The largest absolute Gasteiger partial charge is 0.469 e. The fourth-order valence-electron chi connectivity index (χ4n) is 5.49. The molecule has 1 aliphatic carbocycles. The number of nitrogens with zero attached hydrogens (tertiary/aromatic N) is 2. The smallest absolute Gasteiger partial charge is 0.309 e. The van der Waals surface area contributed by atoms with Crippen molar-refractivity contribution in [3.8, 4) is 0 Å². The monoisotopic (exact) mass is 553 g/mol. The van der Waals surface area contributed by atoms with E-state index in [2.05, 4.69) is 10.4 Å². The molecule has 8 nitrogen and oxygen atoms in total. The molecule has 0 spiro atoms. The van der Waals surface area contributed by atoms with Gasteiger partial charge in [-0.2, -0.15) is 0 Å². The molecule has 0 bridgehead atoms. The second-order valence-corrected chi connectivity index (χ2v) is 10.6. The van der Waals surface area contributed by atoms with Crippen LogP contribution in [0.4, 0.5) is 0 Å². The molecule has 3 aromatic carbocycles. The van der Waals surface area contributed by atoms with Crippen molar-refractivity contribution in [3.63, 3.8) is 0 Å². The number of hydrazone groups is 1. The number of nitrogens with one attached hydrogen (secondary N) is 1. The Bertz CT molecular complexity index is 1380. The summed E-state index contributed by atoms with van der Waals surface area (Å²) in [5.74, 6) is 0.0228. The van der Waals surface area contributed by atoms with Gasteiger partial charge in [0.05, 0.1) is 26.0 Å². The first-order valence-electron chi connectivity index (χ1n) is 14.1. The maximum absolute atomic E-state index is 13.5. The van der Waals surface area contributed by atoms with Crippen LogP contribution in [0, 0.1) is 5.92 Å². The third-order valence-electron chi connectivity index (χ3n) is 7.74. The van der Waals surface area contributed by atoms with Gasteiger partial charge in [-0.25, -0.2) is 5.01 Å². The summed E-state index contributed by atoms with van der Waals surface area (Å²) in [5.41, 5.74) is 4.57. The molecular weight excluding hydrogens is 518 g/mol. The average Bonchev–Trinajstić information content (AvgIpc) is 3.54. The molecule has 1 aliphatic heterocycles. The Hall–Kier alpha value is -4.46. The zero-order chi connectivity index (χ0) is 28.6. The van der Waals surface area contributed by atoms with Crippen LogP contribution < -0.4 is 5.32 Å². The maximum Gasteiger partial charge on any atom is 0.309 e. The molecule has 212 valence electrons. The normalized spacial score (nSPS) is 16.1. The first-order valence-corrected chi connectivity index (χ1v) is 14.1. The van der Waals surface area contributed by atoms with Gasteiger partial charge in [0.1, 0.15) is 0 Å². The Morgan fingerprint density at radius 2 is 1.61 bits per heavy atom. The van der Waals surface area contributed by atoms with Crippen LogP contribution in [0.25, 0.3) is 0 Å². The minimum Gasteiger partial charge on any atom is -0.469 e. The van der Waals surface area contributed by atoms with Gasteiger partial charge in [0.15, 0.2) is 6.61 Å². The Kier molecular flexibility index (Phi) is 9.08. The van der Waals surface area contributed by atoms with Crippen LogP contribution in [0.5, 0.6) is 0 Å². The van der Waals surface area contributed by atoms with Crippen molar-refractivity contribution in [2.24, 2.45) is 11.0 Å². The summed E-state index contributed by atoms with van der Waals surface area (Å²) in [7, 11) is 1.38. The summed E-state index contributed by atoms with van der Waals surface area (Å²) < 4.78 is 10.3. The number of methoxy groups -OCH3 is 1. The van der Waals surface area contributed by atoms with E-state index in [1.54, 1.807) is 0 Å². The molecule has 3 aromatic rings. The van der Waals surface area contributed by atoms with E-state index in [0.717, 1.165) is 53.5 Å². The summed E-state index contributed by atoms with van der Waals surface area (Å²) in [6, 6.07) is 25.1. The van der Waals surface area contributed by atoms with E-state index >= 15 is 0 Å². The Morgan fingerprint density at radius 3 is 2.29 bits per heavy atom. The van der Waals surface area contributed by atoms with Gasteiger partial charge in [0, 0.05) is 12.1 Å². The molecule has 1 fully saturated rings. The third-order valence-corrected chi connectivity index (χ3v) is 7.74. The van der Waals surface area contributed by atoms with Crippen LogP contribution >= 0.6 is 0 Å². The molecule has 0 saturated heterocycles. The highest BCUT2D eigenvalue weighted by molar-refractivity contribution is 5.97. The van der Waals surface area contributed by atoms with Gasteiger partial charge in [0.25, 0.3) is 5.91 Å². The summed E-state index contributed by atoms with van der Waals surface area (Å²) in [6.45, 7) is 0.689. The third kappa shape index (κ3) is 7.20. The average molecular weight is 554 g/mol. The van der Waals surface area contributed by atoms with Crippen LogP contribution in [0.15, 0.2) is 84.0 Å². The number of amides is 2. The lowest BCUT2D eigenvalue weighted by molar-refractivity contribution is -0.140. The van der Waals surface area contributed by atoms with Crippen molar-refractivity contribution in [2.45, 2.75) is 51.1 Å². The van der Waals surface area contributed by atoms with E-state index in [4.69, 9.17) is 9.47 Å². The molecule has 41 heavy (non-hydrogen) atoms. The van der Waals surface area contributed by atoms with Gasteiger partial charge in [-0.1, -0.05) is 79.6 Å². The highest BCUT2D eigenvalue weighted by Gasteiger charge is 2.32. The maximum atomic E-state index is 13.5. The molecule has 0 aromatic heterocycles. The fourth-order valence-corrected chi connectivity index (χ4v) is 5.49. The molecule has 1 saturated carbocycles. The van der Waals surface area contributed by atoms with Crippen molar-refractivity contribution in [1.82, 2.24) is 10.3 Å². The number of ether oxygens (including phenoxy) is 2. The van der Waals surface area contributed by atoms with Gasteiger partial charge >= 0.3 is 5.97 Å². The molecule has 1 unspecified atom stereocenters. The van der Waals surface area contributed by atoms with Crippen molar-refractivity contribution in [1.29, 1.82) is 0 Å². The van der Waals surface area contributed by atoms with Gasteiger partial charge < -0.3 is 14.8 Å². The van der Waals surface area contributed by atoms with Crippen molar-refractivity contribution in [2.75, 3.05) is 13.7 Å². The highest BCUT2D eigenvalue weighted by atomic mass is 16.5. The van der Waals surface area contributed by atoms with Crippen molar-refractivity contribution in [3.05, 3.63) is 107 Å². The number of hydrogen-bond acceptors (Lipinski definition) is 6. The molecule has 2 amide bonds. The van der Waals surface area contributed by atoms with Crippen molar-refractivity contribution >= 4 is 23.7 Å². The van der Waals surface area contributed by atoms with E-state index in [9.17, 15) is 14.4 Å². The summed E-state index contributed by atoms with van der Waals surface area (Å²) in [6.07, 6.45) is 4.55. The Labute approximate surface area is 240 Å². The first kappa shape index (κ1) is 28.1. The predicted octanol–water partition coefficient (Wildman–Crippen LogP) is 4.71. The number of carbonyl (C=O) groups is 3. The molecule has 2 aliphatic rings. The number of esters is 1. The number of rotatable bonds is 10. The molecule has 1 atom stereocenters. The van der Waals surface area contributed by atoms with E-state index < -0.39 is 0 Å². The quantitative estimate of drug-likeness (QED) is 0.367. The minimum atomic E-state index is -0.280. The first-order chi connectivity index (χ1) is 20.0. The summed E-state index contributed by atoms with van der Waals surface area (Å²) in [5, 5.41) is 9.03. The molecule has 1 N–H and O–H groups in total. The number of benzene rings is 3. The van der Waals surface area contributed by atoms with E-state index in [1.807, 2.05) is 78.9 Å². The van der Waals surface area contributed by atoms with E-state index in [1.165, 1.54) is 12.1 Å².